The van der Waals surface area contributed by atoms with Crippen molar-refractivity contribution in [2.45, 2.75) is 46.2 Å². The van der Waals surface area contributed by atoms with Crippen LogP contribution in [0.4, 0.5) is 8.78 Å². The summed E-state index contributed by atoms with van der Waals surface area (Å²) < 4.78 is 32.6. The van der Waals surface area contributed by atoms with Gasteiger partial charge < -0.3 is 15.1 Å². The normalized spacial score (nSPS) is 12.3. The summed E-state index contributed by atoms with van der Waals surface area (Å²) in [6.45, 7) is 9.06. The molecule has 0 atom stereocenters. The van der Waals surface area contributed by atoms with E-state index in [1.165, 1.54) is 0 Å². The molecule has 0 spiro atoms. The van der Waals surface area contributed by atoms with Gasteiger partial charge in [0.05, 0.1) is 19.3 Å². The SMILES string of the molecule is CCNC(=NCc1cc(F)ccc1F)NCc1ncc(C(C)(C)C)o1. The third kappa shape index (κ3) is 5.55. The highest BCUT2D eigenvalue weighted by Gasteiger charge is 2.19. The molecule has 0 aliphatic carbocycles. The maximum atomic E-state index is 13.7. The van der Waals surface area contributed by atoms with Crippen molar-refractivity contribution in [1.82, 2.24) is 15.6 Å². The number of hydrogen-bond acceptors (Lipinski definition) is 3. The molecule has 1 heterocycles. The minimum Gasteiger partial charge on any atom is -0.443 e. The lowest BCUT2D eigenvalue weighted by Crippen LogP contribution is -2.36. The highest BCUT2D eigenvalue weighted by atomic mass is 19.1. The molecule has 0 aliphatic heterocycles. The lowest BCUT2D eigenvalue weighted by atomic mass is 9.94. The van der Waals surface area contributed by atoms with Gasteiger partial charge in [-0.15, -0.1) is 0 Å². The fourth-order valence-corrected chi connectivity index (χ4v) is 2.07. The molecule has 0 saturated carbocycles. The van der Waals surface area contributed by atoms with Crippen molar-refractivity contribution in [2.24, 2.45) is 4.99 Å². The molecular weight excluding hydrogens is 326 g/mol. The van der Waals surface area contributed by atoms with Gasteiger partial charge in [-0.25, -0.2) is 18.8 Å². The molecule has 0 unspecified atom stereocenters. The molecule has 7 heteroatoms. The predicted molar refractivity (Wildman–Crippen MR) is 93.2 cm³/mol. The summed E-state index contributed by atoms with van der Waals surface area (Å²) in [5.41, 5.74) is 0.0852. The number of benzene rings is 1. The van der Waals surface area contributed by atoms with E-state index in [0.717, 1.165) is 24.0 Å². The first-order chi connectivity index (χ1) is 11.8. The molecule has 2 rings (SSSR count). The van der Waals surface area contributed by atoms with Crippen molar-refractivity contribution in [3.05, 3.63) is 53.2 Å². The Balaban J connectivity index is 2.02. The zero-order chi connectivity index (χ0) is 18.4. The van der Waals surface area contributed by atoms with E-state index in [1.54, 1.807) is 6.20 Å². The van der Waals surface area contributed by atoms with E-state index in [2.05, 4.69) is 20.6 Å². The molecule has 1 aromatic heterocycles. The van der Waals surface area contributed by atoms with Crippen molar-refractivity contribution in [1.29, 1.82) is 0 Å². The number of aromatic nitrogens is 1. The summed E-state index contributed by atoms with van der Waals surface area (Å²) in [7, 11) is 0. The molecule has 0 radical (unpaired) electrons. The van der Waals surface area contributed by atoms with Crippen LogP contribution in [0.25, 0.3) is 0 Å². The standard InChI is InChI=1S/C18H24F2N4O/c1-5-21-17(23-9-12-8-13(19)6-7-14(12)20)24-11-16-22-10-15(25-16)18(2,3)4/h6-8,10H,5,9,11H2,1-4H3,(H2,21,23,24). The molecule has 5 nitrogen and oxygen atoms in total. The van der Waals surface area contributed by atoms with E-state index >= 15 is 0 Å². The van der Waals surface area contributed by atoms with Gasteiger partial charge in [0.25, 0.3) is 0 Å². The van der Waals surface area contributed by atoms with Crippen LogP contribution >= 0.6 is 0 Å². The Bertz CT molecular complexity index is 735. The summed E-state index contributed by atoms with van der Waals surface area (Å²) in [4.78, 5) is 8.51. The van der Waals surface area contributed by atoms with E-state index in [0.29, 0.717) is 24.9 Å². The first-order valence-corrected chi connectivity index (χ1v) is 8.21. The van der Waals surface area contributed by atoms with Gasteiger partial charge in [0.15, 0.2) is 5.96 Å². The van der Waals surface area contributed by atoms with Crippen molar-refractivity contribution in [3.63, 3.8) is 0 Å². The number of oxazole rings is 1. The monoisotopic (exact) mass is 350 g/mol. The minimum atomic E-state index is -0.487. The average molecular weight is 350 g/mol. The van der Waals surface area contributed by atoms with Crippen LogP contribution in [0.3, 0.4) is 0 Å². The van der Waals surface area contributed by atoms with Crippen LogP contribution in [0.15, 0.2) is 33.8 Å². The molecule has 136 valence electrons. The fraction of sp³-hybridized carbons (Fsp3) is 0.444. The third-order valence-corrected chi connectivity index (χ3v) is 3.46. The quantitative estimate of drug-likeness (QED) is 0.640. The van der Waals surface area contributed by atoms with Crippen molar-refractivity contribution in [2.75, 3.05) is 6.54 Å². The zero-order valence-corrected chi connectivity index (χ0v) is 15.0. The van der Waals surface area contributed by atoms with Crippen molar-refractivity contribution < 1.29 is 13.2 Å². The Morgan fingerprint density at radius 1 is 1.24 bits per heavy atom. The lowest BCUT2D eigenvalue weighted by Gasteiger charge is -2.13. The molecule has 0 fully saturated rings. The van der Waals surface area contributed by atoms with E-state index < -0.39 is 11.6 Å². The van der Waals surface area contributed by atoms with Gasteiger partial charge in [-0.05, 0) is 25.1 Å². The molecule has 2 aromatic rings. The van der Waals surface area contributed by atoms with Gasteiger partial charge >= 0.3 is 0 Å². The molecule has 0 aliphatic rings. The van der Waals surface area contributed by atoms with E-state index in [1.807, 2.05) is 27.7 Å². The number of rotatable bonds is 5. The topological polar surface area (TPSA) is 62.5 Å². The number of nitrogens with one attached hydrogen (secondary N) is 2. The number of halogens is 2. The molecule has 2 N–H and O–H groups in total. The van der Waals surface area contributed by atoms with Crippen molar-refractivity contribution >= 4 is 5.96 Å². The van der Waals surface area contributed by atoms with Crippen LogP contribution in [-0.4, -0.2) is 17.5 Å². The number of nitrogens with zero attached hydrogens (tertiary/aromatic N) is 2. The van der Waals surface area contributed by atoms with Gasteiger partial charge in [0, 0.05) is 17.5 Å². The van der Waals surface area contributed by atoms with Crippen LogP contribution in [-0.2, 0) is 18.5 Å². The van der Waals surface area contributed by atoms with Crippen LogP contribution in [0.2, 0.25) is 0 Å². The van der Waals surface area contributed by atoms with Crippen LogP contribution in [0.5, 0.6) is 0 Å². The summed E-state index contributed by atoms with van der Waals surface area (Å²) in [6.07, 6.45) is 1.71. The van der Waals surface area contributed by atoms with Gasteiger partial charge in [0.2, 0.25) is 5.89 Å². The summed E-state index contributed by atoms with van der Waals surface area (Å²) in [6, 6.07) is 3.33. The smallest absolute Gasteiger partial charge is 0.213 e. The summed E-state index contributed by atoms with van der Waals surface area (Å²) in [5.74, 6) is 0.838. The average Bonchev–Trinajstić information content (AvgIpc) is 3.02. The second-order valence-electron chi connectivity index (χ2n) is 6.65. The Morgan fingerprint density at radius 2 is 2.00 bits per heavy atom. The number of aliphatic imine (C=N–C) groups is 1. The van der Waals surface area contributed by atoms with Gasteiger partial charge in [-0.2, -0.15) is 0 Å². The molecule has 0 bridgehead atoms. The molecule has 1 aromatic carbocycles. The van der Waals surface area contributed by atoms with E-state index in [-0.39, 0.29) is 17.5 Å². The largest absolute Gasteiger partial charge is 0.443 e. The second kappa shape index (κ2) is 8.09. The predicted octanol–water partition coefficient (Wildman–Crippen LogP) is 3.51. The minimum absolute atomic E-state index is 0.0255. The Morgan fingerprint density at radius 3 is 2.64 bits per heavy atom. The second-order valence-corrected chi connectivity index (χ2v) is 6.65. The van der Waals surface area contributed by atoms with Crippen LogP contribution < -0.4 is 10.6 Å². The lowest BCUT2D eigenvalue weighted by molar-refractivity contribution is 0.379. The zero-order valence-electron chi connectivity index (χ0n) is 15.0. The van der Waals surface area contributed by atoms with Gasteiger partial charge in [0.1, 0.15) is 17.4 Å². The fourth-order valence-electron chi connectivity index (χ4n) is 2.07. The van der Waals surface area contributed by atoms with Crippen LogP contribution in [0, 0.1) is 11.6 Å². The Labute approximate surface area is 146 Å². The first kappa shape index (κ1) is 18.9. The highest BCUT2D eigenvalue weighted by molar-refractivity contribution is 5.79. The molecule has 25 heavy (non-hydrogen) atoms. The highest BCUT2D eigenvalue weighted by Crippen LogP contribution is 2.22. The number of hydrogen-bond donors (Lipinski definition) is 2. The van der Waals surface area contributed by atoms with E-state index in [9.17, 15) is 8.78 Å². The summed E-state index contributed by atoms with van der Waals surface area (Å²) >= 11 is 0. The Kier molecular flexibility index (Phi) is 6.12. The third-order valence-electron chi connectivity index (χ3n) is 3.46. The maximum absolute atomic E-state index is 13.7. The van der Waals surface area contributed by atoms with Crippen LogP contribution in [0.1, 0.15) is 44.9 Å². The van der Waals surface area contributed by atoms with Crippen molar-refractivity contribution in [3.8, 4) is 0 Å². The molecular formula is C18H24F2N4O. The maximum Gasteiger partial charge on any atom is 0.213 e. The Hall–Kier alpha value is -2.44. The molecule has 0 saturated heterocycles. The van der Waals surface area contributed by atoms with Gasteiger partial charge in [-0.3, -0.25) is 0 Å². The molecule has 0 amide bonds. The van der Waals surface area contributed by atoms with E-state index in [4.69, 9.17) is 4.42 Å². The van der Waals surface area contributed by atoms with Gasteiger partial charge in [-0.1, -0.05) is 20.8 Å². The number of guanidine groups is 1. The first-order valence-electron chi connectivity index (χ1n) is 8.21. The summed E-state index contributed by atoms with van der Waals surface area (Å²) in [5, 5.41) is 6.12.